The van der Waals surface area contributed by atoms with Crippen molar-refractivity contribution in [3.05, 3.63) is 12.2 Å². The van der Waals surface area contributed by atoms with Crippen molar-refractivity contribution >= 4 is 0 Å². The van der Waals surface area contributed by atoms with Crippen molar-refractivity contribution in [2.24, 2.45) is 11.8 Å². The van der Waals surface area contributed by atoms with Crippen LogP contribution >= 0.6 is 0 Å². The second kappa shape index (κ2) is 1.84. The standard InChI is InChI=1S/C8H12O/c9-8-6-2-1-3-7(8)5-4-6/h1-2,6-9H,3-5H2/t6-,7+,8?/m0/s1. The molecule has 0 aromatic rings. The zero-order chi connectivity index (χ0) is 6.27. The molecule has 0 radical (unpaired) electrons. The summed E-state index contributed by atoms with van der Waals surface area (Å²) >= 11 is 0. The highest BCUT2D eigenvalue weighted by Crippen LogP contribution is 2.37. The average molecular weight is 124 g/mol. The number of rotatable bonds is 0. The van der Waals surface area contributed by atoms with Gasteiger partial charge in [-0.3, -0.25) is 0 Å². The summed E-state index contributed by atoms with van der Waals surface area (Å²) in [5.41, 5.74) is 0. The maximum atomic E-state index is 9.46. The van der Waals surface area contributed by atoms with E-state index < -0.39 is 0 Å². The Morgan fingerprint density at radius 2 is 2.22 bits per heavy atom. The van der Waals surface area contributed by atoms with E-state index in [0.717, 1.165) is 6.42 Å². The van der Waals surface area contributed by atoms with Crippen molar-refractivity contribution in [1.29, 1.82) is 0 Å². The van der Waals surface area contributed by atoms with Gasteiger partial charge in [0.25, 0.3) is 0 Å². The number of aliphatic hydroxyl groups excluding tert-OH is 1. The van der Waals surface area contributed by atoms with E-state index in [-0.39, 0.29) is 6.10 Å². The molecule has 0 heterocycles. The van der Waals surface area contributed by atoms with Gasteiger partial charge < -0.3 is 5.11 Å². The van der Waals surface area contributed by atoms with E-state index in [1.165, 1.54) is 12.8 Å². The molecule has 2 bridgehead atoms. The van der Waals surface area contributed by atoms with Crippen molar-refractivity contribution in [3.63, 3.8) is 0 Å². The minimum absolute atomic E-state index is 0.00463. The predicted molar refractivity (Wildman–Crippen MR) is 36.0 cm³/mol. The van der Waals surface area contributed by atoms with E-state index in [9.17, 15) is 5.11 Å². The minimum atomic E-state index is -0.00463. The van der Waals surface area contributed by atoms with Crippen LogP contribution in [0.5, 0.6) is 0 Å². The Bertz CT molecular complexity index is 140. The third kappa shape index (κ3) is 0.715. The lowest BCUT2D eigenvalue weighted by Crippen LogP contribution is -2.21. The third-order valence-electron chi connectivity index (χ3n) is 2.61. The average Bonchev–Trinajstić information content (AvgIpc) is 2.19. The maximum absolute atomic E-state index is 9.46. The molecule has 1 heteroatoms. The Morgan fingerprint density at radius 1 is 1.33 bits per heavy atom. The number of hydrogen-bond donors (Lipinski definition) is 1. The highest BCUT2D eigenvalue weighted by atomic mass is 16.3. The summed E-state index contributed by atoms with van der Waals surface area (Å²) < 4.78 is 0. The minimum Gasteiger partial charge on any atom is -0.392 e. The van der Waals surface area contributed by atoms with E-state index in [4.69, 9.17) is 0 Å². The fourth-order valence-electron chi connectivity index (χ4n) is 1.99. The number of hydrogen-bond acceptors (Lipinski definition) is 1. The van der Waals surface area contributed by atoms with Gasteiger partial charge in [-0.25, -0.2) is 0 Å². The van der Waals surface area contributed by atoms with Crippen LogP contribution in [0.1, 0.15) is 19.3 Å². The number of fused-ring (bicyclic) bond motifs is 2. The third-order valence-corrected chi connectivity index (χ3v) is 2.61. The summed E-state index contributed by atoms with van der Waals surface area (Å²) in [6, 6.07) is 0. The van der Waals surface area contributed by atoms with Crippen molar-refractivity contribution in [2.45, 2.75) is 25.4 Å². The molecule has 1 N–H and O–H groups in total. The van der Waals surface area contributed by atoms with Gasteiger partial charge in [-0.1, -0.05) is 12.2 Å². The van der Waals surface area contributed by atoms with Crippen LogP contribution in [0, 0.1) is 11.8 Å². The van der Waals surface area contributed by atoms with E-state index in [1.807, 2.05) is 0 Å². The molecule has 0 spiro atoms. The van der Waals surface area contributed by atoms with Gasteiger partial charge in [-0.05, 0) is 25.2 Å². The molecule has 1 saturated carbocycles. The lowest BCUT2D eigenvalue weighted by molar-refractivity contribution is 0.103. The SMILES string of the molecule is OC1[C@@H]2CC=C[C@H]1CC2. The fourth-order valence-corrected chi connectivity index (χ4v) is 1.99. The molecule has 0 aromatic heterocycles. The van der Waals surface area contributed by atoms with Crippen LogP contribution in [0.15, 0.2) is 12.2 Å². The van der Waals surface area contributed by atoms with E-state index in [2.05, 4.69) is 12.2 Å². The van der Waals surface area contributed by atoms with Crippen LogP contribution < -0.4 is 0 Å². The second-order valence-electron chi connectivity index (χ2n) is 3.16. The summed E-state index contributed by atoms with van der Waals surface area (Å²) in [5.74, 6) is 1.10. The molecule has 0 aromatic carbocycles. The summed E-state index contributed by atoms with van der Waals surface area (Å²) in [4.78, 5) is 0. The van der Waals surface area contributed by atoms with Gasteiger partial charge in [0.1, 0.15) is 0 Å². The lowest BCUT2D eigenvalue weighted by Gasteiger charge is -2.19. The van der Waals surface area contributed by atoms with Crippen molar-refractivity contribution in [2.75, 3.05) is 0 Å². The van der Waals surface area contributed by atoms with Crippen LogP contribution in [0.2, 0.25) is 0 Å². The lowest BCUT2D eigenvalue weighted by atomic mass is 9.92. The molecule has 0 aliphatic heterocycles. The van der Waals surface area contributed by atoms with Crippen LogP contribution in [0.3, 0.4) is 0 Å². The summed E-state index contributed by atoms with van der Waals surface area (Å²) in [6.45, 7) is 0. The molecular weight excluding hydrogens is 112 g/mol. The molecule has 2 aliphatic rings. The zero-order valence-corrected chi connectivity index (χ0v) is 5.46. The number of allylic oxidation sites excluding steroid dienone is 1. The van der Waals surface area contributed by atoms with Gasteiger partial charge in [-0.15, -0.1) is 0 Å². The first-order valence-electron chi connectivity index (χ1n) is 3.72. The molecule has 1 nitrogen and oxygen atoms in total. The van der Waals surface area contributed by atoms with E-state index in [1.54, 1.807) is 0 Å². The normalized spacial score (nSPS) is 47.9. The predicted octanol–water partition coefficient (Wildman–Crippen LogP) is 1.33. The van der Waals surface area contributed by atoms with Gasteiger partial charge in [0.15, 0.2) is 0 Å². The molecule has 1 unspecified atom stereocenters. The highest BCUT2D eigenvalue weighted by Gasteiger charge is 2.34. The first-order valence-corrected chi connectivity index (χ1v) is 3.72. The molecule has 9 heavy (non-hydrogen) atoms. The molecule has 1 fully saturated rings. The van der Waals surface area contributed by atoms with Crippen LogP contribution in [-0.4, -0.2) is 11.2 Å². The Kier molecular flexibility index (Phi) is 1.12. The highest BCUT2D eigenvalue weighted by molar-refractivity contribution is 5.05. The Balaban J connectivity index is 2.22. The van der Waals surface area contributed by atoms with E-state index in [0.29, 0.717) is 11.8 Å². The molecule has 3 atom stereocenters. The quantitative estimate of drug-likeness (QED) is 0.483. The first-order chi connectivity index (χ1) is 4.38. The van der Waals surface area contributed by atoms with E-state index >= 15 is 0 Å². The van der Waals surface area contributed by atoms with Crippen molar-refractivity contribution < 1.29 is 5.11 Å². The molecular formula is C8H12O. The summed E-state index contributed by atoms with van der Waals surface area (Å²) in [6.07, 6.45) is 7.94. The molecule has 2 rings (SSSR count). The molecule has 2 aliphatic carbocycles. The van der Waals surface area contributed by atoms with Crippen LogP contribution in [-0.2, 0) is 0 Å². The first kappa shape index (κ1) is 5.48. The van der Waals surface area contributed by atoms with Crippen molar-refractivity contribution in [1.82, 2.24) is 0 Å². The largest absolute Gasteiger partial charge is 0.392 e. The molecule has 0 amide bonds. The fraction of sp³-hybridized carbons (Fsp3) is 0.750. The van der Waals surface area contributed by atoms with Gasteiger partial charge >= 0.3 is 0 Å². The van der Waals surface area contributed by atoms with Crippen LogP contribution in [0.25, 0.3) is 0 Å². The Hall–Kier alpha value is -0.300. The monoisotopic (exact) mass is 124 g/mol. The van der Waals surface area contributed by atoms with Gasteiger partial charge in [-0.2, -0.15) is 0 Å². The van der Waals surface area contributed by atoms with Gasteiger partial charge in [0.2, 0.25) is 0 Å². The Morgan fingerprint density at radius 3 is 2.89 bits per heavy atom. The smallest absolute Gasteiger partial charge is 0.0633 e. The molecule has 0 saturated heterocycles. The van der Waals surface area contributed by atoms with Gasteiger partial charge in [0.05, 0.1) is 6.10 Å². The second-order valence-corrected chi connectivity index (χ2v) is 3.16. The topological polar surface area (TPSA) is 20.2 Å². The Labute approximate surface area is 55.4 Å². The van der Waals surface area contributed by atoms with Gasteiger partial charge in [0, 0.05) is 5.92 Å². The zero-order valence-electron chi connectivity index (χ0n) is 5.46. The van der Waals surface area contributed by atoms with Crippen molar-refractivity contribution in [3.8, 4) is 0 Å². The summed E-state index contributed by atoms with van der Waals surface area (Å²) in [7, 11) is 0. The number of aliphatic hydroxyl groups is 1. The molecule has 50 valence electrons. The maximum Gasteiger partial charge on any atom is 0.0633 e. The summed E-state index contributed by atoms with van der Waals surface area (Å²) in [5, 5.41) is 9.46. The van der Waals surface area contributed by atoms with Crippen LogP contribution in [0.4, 0.5) is 0 Å².